The van der Waals surface area contributed by atoms with Crippen LogP contribution in [-0.4, -0.2) is 10.8 Å². The van der Waals surface area contributed by atoms with Gasteiger partial charge in [-0.3, -0.25) is 0 Å². The molecule has 0 aliphatic carbocycles. The quantitative estimate of drug-likeness (QED) is 0.383. The summed E-state index contributed by atoms with van der Waals surface area (Å²) in [7, 11) is 0. The molecular weight excluding hydrogens is 211 g/mol. The topological polar surface area (TPSA) is 40.1 Å². The maximum Gasteiger partial charge on any atom is 1.00 e. The van der Waals surface area contributed by atoms with E-state index in [4.69, 9.17) is 0 Å². The molecule has 9 heavy (non-hydrogen) atoms. The van der Waals surface area contributed by atoms with Crippen LogP contribution in [0.1, 0.15) is 19.8 Å². The summed E-state index contributed by atoms with van der Waals surface area (Å²) >= 11 is 3.16. The fourth-order valence-electron chi connectivity index (χ4n) is 0.325. The van der Waals surface area contributed by atoms with Gasteiger partial charge >= 0.3 is 51.4 Å². The summed E-state index contributed by atoms with van der Waals surface area (Å²) in [6.45, 7) is 1.92. The molecule has 0 rings (SSSR count). The van der Waals surface area contributed by atoms with Crippen molar-refractivity contribution in [2.24, 2.45) is 0 Å². The van der Waals surface area contributed by atoms with Crippen LogP contribution >= 0.6 is 15.9 Å². The van der Waals surface area contributed by atoms with E-state index in [9.17, 15) is 9.90 Å². The third-order valence-electron chi connectivity index (χ3n) is 0.831. The van der Waals surface area contributed by atoms with Gasteiger partial charge in [-0.1, -0.05) is 22.9 Å². The molecule has 0 fully saturated rings. The number of carboxylic acid groups (broad SMARTS) is 1. The third kappa shape index (κ3) is 9.59. The number of carbonyl (C=O) groups is 1. The minimum Gasteiger partial charge on any atom is -0.550 e. The molecule has 1 unspecified atom stereocenters. The van der Waals surface area contributed by atoms with Crippen molar-refractivity contribution in [3.63, 3.8) is 0 Å². The van der Waals surface area contributed by atoms with Gasteiger partial charge in [0, 0.05) is 10.8 Å². The van der Waals surface area contributed by atoms with Crippen molar-refractivity contribution >= 4 is 21.9 Å². The summed E-state index contributed by atoms with van der Waals surface area (Å²) in [4.78, 5) is 9.90. The molecule has 0 aromatic heterocycles. The van der Waals surface area contributed by atoms with Gasteiger partial charge < -0.3 is 9.90 Å². The monoisotopic (exact) mass is 218 g/mol. The van der Waals surface area contributed by atoms with Crippen molar-refractivity contribution < 1.29 is 61.3 Å². The summed E-state index contributed by atoms with van der Waals surface area (Å²) in [5, 5.41) is 9.83. The molecule has 0 N–H and O–H groups in total. The Morgan fingerprint density at radius 3 is 2.33 bits per heavy atom. The minimum absolute atomic E-state index is 0. The minimum atomic E-state index is -0.992. The molecule has 0 saturated carbocycles. The fraction of sp³-hybridized carbons (Fsp3) is 0.800. The van der Waals surface area contributed by atoms with Crippen molar-refractivity contribution in [2.75, 3.05) is 0 Å². The van der Waals surface area contributed by atoms with Gasteiger partial charge in [-0.25, -0.2) is 0 Å². The fourth-order valence-corrected chi connectivity index (χ4v) is 0.590. The van der Waals surface area contributed by atoms with Gasteiger partial charge in [-0.15, -0.1) is 0 Å². The standard InChI is InChI=1S/C5H9BrO2.K/c1-2-4(6)3-5(7)8;/h4H,2-3H2,1H3,(H,7,8);/q;+1/p-1. The number of aliphatic carboxylic acids is 1. The number of halogens is 1. The first kappa shape index (κ1) is 13.2. The van der Waals surface area contributed by atoms with Crippen LogP contribution in [0.5, 0.6) is 0 Å². The van der Waals surface area contributed by atoms with Crippen LogP contribution in [-0.2, 0) is 4.79 Å². The number of carbonyl (C=O) groups excluding carboxylic acids is 1. The van der Waals surface area contributed by atoms with E-state index >= 15 is 0 Å². The van der Waals surface area contributed by atoms with Crippen LogP contribution in [0.4, 0.5) is 0 Å². The van der Waals surface area contributed by atoms with Gasteiger partial charge in [-0.2, -0.15) is 0 Å². The van der Waals surface area contributed by atoms with E-state index in [0.717, 1.165) is 6.42 Å². The maximum absolute atomic E-state index is 9.83. The molecule has 0 bridgehead atoms. The second-order valence-electron chi connectivity index (χ2n) is 1.58. The van der Waals surface area contributed by atoms with Crippen molar-refractivity contribution in [2.45, 2.75) is 24.6 Å². The number of carboxylic acids is 1. The van der Waals surface area contributed by atoms with Crippen LogP contribution < -0.4 is 56.5 Å². The van der Waals surface area contributed by atoms with E-state index in [1.165, 1.54) is 0 Å². The Morgan fingerprint density at radius 1 is 1.78 bits per heavy atom. The molecule has 0 amide bonds. The Hall–Kier alpha value is 1.59. The van der Waals surface area contributed by atoms with Crippen LogP contribution in [0, 0.1) is 0 Å². The van der Waals surface area contributed by atoms with E-state index in [1.54, 1.807) is 0 Å². The molecule has 0 spiro atoms. The molecule has 2 nitrogen and oxygen atoms in total. The molecular formula is C5H8BrKO2. The average Bonchev–Trinajstić information content (AvgIpc) is 1.65. The van der Waals surface area contributed by atoms with E-state index in [1.807, 2.05) is 6.92 Å². The maximum atomic E-state index is 9.83. The largest absolute Gasteiger partial charge is 1.00 e. The molecule has 0 heterocycles. The summed E-state index contributed by atoms with van der Waals surface area (Å²) in [5.41, 5.74) is 0. The first-order valence-electron chi connectivity index (χ1n) is 2.50. The van der Waals surface area contributed by atoms with Crippen LogP contribution in [0.3, 0.4) is 0 Å². The van der Waals surface area contributed by atoms with Gasteiger partial charge in [0.05, 0.1) is 0 Å². The summed E-state index contributed by atoms with van der Waals surface area (Å²) in [6.07, 6.45) is 0.935. The SMILES string of the molecule is CCC(Br)CC(=O)[O-].[K+]. The Labute approximate surface area is 106 Å². The molecule has 0 aromatic rings. The molecule has 0 aromatic carbocycles. The number of alkyl halides is 1. The molecule has 4 heteroatoms. The second-order valence-corrected chi connectivity index (χ2v) is 2.88. The summed E-state index contributed by atoms with van der Waals surface area (Å²) < 4.78 is 0. The molecule has 0 saturated heterocycles. The zero-order chi connectivity index (χ0) is 6.57. The molecule has 0 aliphatic rings. The number of hydrogen-bond acceptors (Lipinski definition) is 2. The smallest absolute Gasteiger partial charge is 0.550 e. The van der Waals surface area contributed by atoms with Crippen molar-refractivity contribution in [1.29, 1.82) is 0 Å². The third-order valence-corrected chi connectivity index (χ3v) is 1.80. The first-order valence-corrected chi connectivity index (χ1v) is 3.42. The Kier molecular flexibility index (Phi) is 11.3. The van der Waals surface area contributed by atoms with Gasteiger partial charge in [0.25, 0.3) is 0 Å². The van der Waals surface area contributed by atoms with Crippen LogP contribution in [0.25, 0.3) is 0 Å². The van der Waals surface area contributed by atoms with E-state index in [-0.39, 0.29) is 62.6 Å². The van der Waals surface area contributed by atoms with Crippen molar-refractivity contribution in [1.82, 2.24) is 0 Å². The number of hydrogen-bond donors (Lipinski definition) is 0. The van der Waals surface area contributed by atoms with Crippen molar-refractivity contribution in [3.8, 4) is 0 Å². The molecule has 48 valence electrons. The van der Waals surface area contributed by atoms with Gasteiger partial charge in [0.2, 0.25) is 0 Å². The molecule has 1 atom stereocenters. The predicted octanol–water partition coefficient (Wildman–Crippen LogP) is -2.70. The molecule has 0 radical (unpaired) electrons. The van der Waals surface area contributed by atoms with E-state index in [0.29, 0.717) is 0 Å². The number of rotatable bonds is 3. The van der Waals surface area contributed by atoms with Gasteiger partial charge in [0.15, 0.2) is 0 Å². The zero-order valence-electron chi connectivity index (χ0n) is 5.69. The van der Waals surface area contributed by atoms with Crippen LogP contribution in [0.2, 0.25) is 0 Å². The Balaban J connectivity index is 0. The second kappa shape index (κ2) is 7.69. The van der Waals surface area contributed by atoms with E-state index < -0.39 is 5.97 Å². The molecule has 0 aliphatic heterocycles. The summed E-state index contributed by atoms with van der Waals surface area (Å²) in [5.74, 6) is -0.992. The van der Waals surface area contributed by atoms with Gasteiger partial charge in [-0.05, 0) is 12.8 Å². The van der Waals surface area contributed by atoms with Gasteiger partial charge in [0.1, 0.15) is 0 Å². The Bertz CT molecular complexity index is 87.0. The van der Waals surface area contributed by atoms with Crippen molar-refractivity contribution in [3.05, 3.63) is 0 Å². The Morgan fingerprint density at radius 2 is 2.22 bits per heavy atom. The predicted molar refractivity (Wildman–Crippen MR) is 32.6 cm³/mol. The normalized spacial score (nSPS) is 11.8. The van der Waals surface area contributed by atoms with Crippen LogP contribution in [0.15, 0.2) is 0 Å². The first-order chi connectivity index (χ1) is 3.66. The van der Waals surface area contributed by atoms with E-state index in [2.05, 4.69) is 15.9 Å². The average molecular weight is 219 g/mol. The summed E-state index contributed by atoms with van der Waals surface area (Å²) in [6, 6.07) is 0. The zero-order valence-corrected chi connectivity index (χ0v) is 10.4.